The highest BCUT2D eigenvalue weighted by molar-refractivity contribution is 9.10. The van der Waals surface area contributed by atoms with Crippen LogP contribution in [0.15, 0.2) is 34.9 Å². The van der Waals surface area contributed by atoms with Crippen LogP contribution in [-0.4, -0.2) is 89.0 Å². The zero-order valence-corrected chi connectivity index (χ0v) is 24.4. The van der Waals surface area contributed by atoms with Gasteiger partial charge in [0.1, 0.15) is 6.07 Å². The van der Waals surface area contributed by atoms with Crippen molar-refractivity contribution >= 4 is 27.7 Å². The van der Waals surface area contributed by atoms with Crippen LogP contribution in [0, 0.1) is 11.3 Å². The van der Waals surface area contributed by atoms with E-state index in [-0.39, 0.29) is 17.8 Å². The summed E-state index contributed by atoms with van der Waals surface area (Å²) in [5, 5.41) is 11.2. The van der Waals surface area contributed by atoms with Crippen LogP contribution >= 0.6 is 15.9 Å². The highest BCUT2D eigenvalue weighted by atomic mass is 79.9. The Balaban J connectivity index is 1.23. The molecule has 0 spiro atoms. The minimum atomic E-state index is -0.166. The zero-order chi connectivity index (χ0) is 27.2. The minimum Gasteiger partial charge on any atom is -0.304 e. The summed E-state index contributed by atoms with van der Waals surface area (Å²) in [5.74, 6) is 0.447. The van der Waals surface area contributed by atoms with Gasteiger partial charge in [0, 0.05) is 50.5 Å². The predicted molar refractivity (Wildman–Crippen MR) is 155 cm³/mol. The molecule has 2 aromatic rings. The van der Waals surface area contributed by atoms with Gasteiger partial charge in [0.2, 0.25) is 5.82 Å². The maximum Gasteiger partial charge on any atom is 0.269 e. The van der Waals surface area contributed by atoms with Gasteiger partial charge in [0.05, 0.1) is 10.5 Å². The Morgan fingerprint density at radius 2 is 1.85 bits per heavy atom. The molecule has 2 aliphatic heterocycles. The summed E-state index contributed by atoms with van der Waals surface area (Å²) >= 11 is 3.53. The number of halogens is 1. The summed E-state index contributed by atoms with van der Waals surface area (Å²) in [4.78, 5) is 29.6. The topological polar surface area (TPSA) is 91.6 Å². The third-order valence-electron chi connectivity index (χ3n) is 8.42. The van der Waals surface area contributed by atoms with E-state index in [9.17, 15) is 10.1 Å². The van der Waals surface area contributed by atoms with Crippen molar-refractivity contribution in [1.29, 1.82) is 5.26 Å². The van der Waals surface area contributed by atoms with Crippen LogP contribution in [0.3, 0.4) is 0 Å². The molecule has 10 heteroatoms. The van der Waals surface area contributed by atoms with Gasteiger partial charge in [-0.05, 0) is 79.4 Å². The number of anilines is 1. The average molecular weight is 596 g/mol. The molecular weight excluding hydrogens is 556 g/mol. The second-order valence-corrected chi connectivity index (χ2v) is 12.0. The molecule has 39 heavy (non-hydrogen) atoms. The summed E-state index contributed by atoms with van der Waals surface area (Å²) < 4.78 is 0.654. The van der Waals surface area contributed by atoms with E-state index in [1.54, 1.807) is 6.20 Å². The first-order valence-corrected chi connectivity index (χ1v) is 15.1. The molecular formula is C29H39BrN8O. The second-order valence-electron chi connectivity index (χ2n) is 11.1. The van der Waals surface area contributed by atoms with Gasteiger partial charge in [-0.25, -0.2) is 4.98 Å². The Hall–Kier alpha value is -2.58. The number of hydrazine groups is 1. The smallest absolute Gasteiger partial charge is 0.269 e. The molecule has 3 aliphatic rings. The number of rotatable bonds is 7. The number of nitriles is 1. The number of aromatic nitrogens is 2. The third kappa shape index (κ3) is 7.14. The SMILES string of the molecule is CN1CCN(C2CCN(Cc3cccc(C(=O)NN(c4nc(C#N)ncc4Br)C4CCCCC4)c3)CC2)CC1. The lowest BCUT2D eigenvalue weighted by molar-refractivity contribution is 0.0658. The van der Waals surface area contributed by atoms with Crippen molar-refractivity contribution < 1.29 is 4.79 Å². The normalized spacial score (nSPS) is 20.4. The van der Waals surface area contributed by atoms with Crippen molar-refractivity contribution in [2.75, 3.05) is 51.3 Å². The Kier molecular flexibility index (Phi) is 9.45. The number of nitrogens with one attached hydrogen (secondary N) is 1. The van der Waals surface area contributed by atoms with Crippen LogP contribution in [0.25, 0.3) is 0 Å². The Morgan fingerprint density at radius 1 is 1.10 bits per heavy atom. The Morgan fingerprint density at radius 3 is 2.56 bits per heavy atom. The lowest BCUT2D eigenvalue weighted by Crippen LogP contribution is -2.52. The van der Waals surface area contributed by atoms with Gasteiger partial charge in [0.25, 0.3) is 5.91 Å². The summed E-state index contributed by atoms with van der Waals surface area (Å²) in [6, 6.07) is 10.8. The average Bonchev–Trinajstić information content (AvgIpc) is 2.98. The molecule has 3 fully saturated rings. The second kappa shape index (κ2) is 13.2. The van der Waals surface area contributed by atoms with Crippen LogP contribution in [0.2, 0.25) is 0 Å². The number of carbonyl (C=O) groups is 1. The maximum atomic E-state index is 13.5. The van der Waals surface area contributed by atoms with E-state index in [4.69, 9.17) is 0 Å². The first kappa shape index (κ1) is 28.0. The van der Waals surface area contributed by atoms with Crippen molar-refractivity contribution in [2.24, 2.45) is 0 Å². The molecule has 0 unspecified atom stereocenters. The van der Waals surface area contributed by atoms with E-state index < -0.39 is 0 Å². The molecule has 1 aromatic carbocycles. The number of hydrogen-bond donors (Lipinski definition) is 1. The van der Waals surface area contributed by atoms with Gasteiger partial charge in [-0.2, -0.15) is 10.2 Å². The number of carbonyl (C=O) groups excluding carboxylic acids is 1. The van der Waals surface area contributed by atoms with E-state index in [1.807, 2.05) is 29.3 Å². The summed E-state index contributed by atoms with van der Waals surface area (Å²) in [7, 11) is 2.21. The predicted octanol–water partition coefficient (Wildman–Crippen LogP) is 3.81. The van der Waals surface area contributed by atoms with E-state index in [2.05, 4.69) is 59.1 Å². The fourth-order valence-corrected chi connectivity index (χ4v) is 6.49. The molecule has 1 amide bonds. The summed E-state index contributed by atoms with van der Waals surface area (Å²) in [6.45, 7) is 7.73. The van der Waals surface area contributed by atoms with E-state index in [1.165, 1.54) is 45.4 Å². The van der Waals surface area contributed by atoms with E-state index >= 15 is 0 Å². The third-order valence-corrected chi connectivity index (χ3v) is 8.98. The molecule has 0 atom stereocenters. The van der Waals surface area contributed by atoms with Gasteiger partial charge in [0.15, 0.2) is 5.82 Å². The van der Waals surface area contributed by atoms with Crippen molar-refractivity contribution in [3.05, 3.63) is 51.9 Å². The molecule has 208 valence electrons. The quantitative estimate of drug-likeness (QED) is 0.484. The molecule has 3 heterocycles. The van der Waals surface area contributed by atoms with Crippen molar-refractivity contribution in [3.63, 3.8) is 0 Å². The minimum absolute atomic E-state index is 0.0849. The highest BCUT2D eigenvalue weighted by Crippen LogP contribution is 2.30. The standard InChI is InChI=1S/C29H39BrN8O/c1-35-14-16-37(17-15-35)24-10-12-36(13-11-24)21-22-6-5-7-23(18-22)29(39)34-38(25-8-3-2-4-9-25)28-26(30)20-32-27(19-31)33-28/h5-7,18,20,24-25H,2-4,8-17,21H2,1H3,(H,34,39). The van der Waals surface area contributed by atoms with Gasteiger partial charge in [-0.3, -0.25) is 25.0 Å². The molecule has 5 rings (SSSR count). The number of benzene rings is 1. The van der Waals surface area contributed by atoms with Gasteiger partial charge >= 0.3 is 0 Å². The number of likely N-dealkylation sites (N-methyl/N-ethyl adjacent to an activating group) is 1. The fourth-order valence-electron chi connectivity index (χ4n) is 6.11. The number of likely N-dealkylation sites (tertiary alicyclic amines) is 1. The molecule has 1 N–H and O–H groups in total. The van der Waals surface area contributed by atoms with Gasteiger partial charge in [-0.1, -0.05) is 31.4 Å². The van der Waals surface area contributed by atoms with E-state index in [0.717, 1.165) is 50.9 Å². The van der Waals surface area contributed by atoms with Crippen molar-refractivity contribution in [2.45, 2.75) is 63.6 Å². The molecule has 1 saturated carbocycles. The first-order valence-electron chi connectivity index (χ1n) is 14.3. The van der Waals surface area contributed by atoms with Crippen LogP contribution in [0.1, 0.15) is 66.7 Å². The van der Waals surface area contributed by atoms with E-state index in [0.29, 0.717) is 21.9 Å². The Bertz CT molecular complexity index is 1160. The Labute approximate surface area is 240 Å². The monoisotopic (exact) mass is 594 g/mol. The number of nitrogens with zero attached hydrogens (tertiary/aromatic N) is 7. The zero-order valence-electron chi connectivity index (χ0n) is 22.9. The lowest BCUT2D eigenvalue weighted by Gasteiger charge is -2.42. The maximum absolute atomic E-state index is 13.5. The number of amides is 1. The van der Waals surface area contributed by atoms with Crippen molar-refractivity contribution in [1.82, 2.24) is 30.1 Å². The number of hydrogen-bond acceptors (Lipinski definition) is 8. The first-order chi connectivity index (χ1) is 19.0. The number of piperidine rings is 1. The fraction of sp³-hybridized carbons (Fsp3) is 0.586. The molecule has 9 nitrogen and oxygen atoms in total. The lowest BCUT2D eigenvalue weighted by atomic mass is 9.95. The van der Waals surface area contributed by atoms with Crippen LogP contribution in [-0.2, 0) is 6.54 Å². The van der Waals surface area contributed by atoms with Crippen LogP contribution < -0.4 is 10.4 Å². The van der Waals surface area contributed by atoms with Crippen LogP contribution in [0.4, 0.5) is 5.82 Å². The molecule has 1 aromatic heterocycles. The largest absolute Gasteiger partial charge is 0.304 e. The van der Waals surface area contributed by atoms with Gasteiger partial charge in [-0.15, -0.1) is 0 Å². The molecule has 0 radical (unpaired) electrons. The summed E-state index contributed by atoms with van der Waals surface area (Å²) in [5.41, 5.74) is 4.91. The molecule has 2 saturated heterocycles. The summed E-state index contributed by atoms with van der Waals surface area (Å²) in [6.07, 6.45) is 9.32. The highest BCUT2D eigenvalue weighted by Gasteiger charge is 2.28. The van der Waals surface area contributed by atoms with Crippen LogP contribution in [0.5, 0.6) is 0 Å². The molecule has 0 bridgehead atoms. The number of piperazine rings is 1. The van der Waals surface area contributed by atoms with Crippen molar-refractivity contribution in [3.8, 4) is 6.07 Å². The van der Waals surface area contributed by atoms with Gasteiger partial charge < -0.3 is 4.90 Å². The molecule has 1 aliphatic carbocycles.